The summed E-state index contributed by atoms with van der Waals surface area (Å²) in [5.74, 6) is 0.998. The van der Waals surface area contributed by atoms with Crippen LogP contribution in [0.2, 0.25) is 0 Å². The minimum absolute atomic E-state index is 0.262. The maximum absolute atomic E-state index is 6.12. The highest BCUT2D eigenvalue weighted by molar-refractivity contribution is 5.57. The third kappa shape index (κ3) is 3.26. The molecule has 0 amide bonds. The maximum atomic E-state index is 6.12. The number of nitrogens with zero attached hydrogens (tertiary/aromatic N) is 1. The Hall–Kier alpha value is -1.22. The fraction of sp³-hybridized carbons (Fsp3) is 0.647. The zero-order chi connectivity index (χ0) is 13.8. The van der Waals surface area contributed by atoms with Gasteiger partial charge in [-0.3, -0.25) is 4.90 Å². The van der Waals surface area contributed by atoms with E-state index in [1.165, 1.54) is 38.5 Å². The van der Waals surface area contributed by atoms with Gasteiger partial charge in [-0.2, -0.15) is 0 Å². The van der Waals surface area contributed by atoms with Gasteiger partial charge in [0, 0.05) is 12.6 Å². The van der Waals surface area contributed by atoms with Gasteiger partial charge in [0.2, 0.25) is 0 Å². The summed E-state index contributed by atoms with van der Waals surface area (Å²) in [6, 6.07) is 8.98. The Labute approximate surface area is 122 Å². The molecule has 3 heteroatoms. The number of benzene rings is 1. The topological polar surface area (TPSA) is 24.5 Å². The summed E-state index contributed by atoms with van der Waals surface area (Å²) in [6.07, 6.45) is 8.58. The number of likely N-dealkylation sites (N-methyl/N-ethyl adjacent to an activating group) is 1. The molecule has 0 spiro atoms. The highest BCUT2D eigenvalue weighted by Gasteiger charge is 2.24. The minimum Gasteiger partial charge on any atom is -0.485 e. The number of ether oxygens (including phenoxy) is 1. The molecule has 0 aromatic heterocycles. The number of hydrogen-bond acceptors (Lipinski definition) is 3. The van der Waals surface area contributed by atoms with E-state index in [0.29, 0.717) is 0 Å². The average molecular weight is 274 g/mol. The first-order chi connectivity index (χ1) is 9.83. The fourth-order valence-electron chi connectivity index (χ4n) is 3.43. The van der Waals surface area contributed by atoms with Crippen LogP contribution in [0.25, 0.3) is 0 Å². The maximum Gasteiger partial charge on any atom is 0.142 e. The van der Waals surface area contributed by atoms with E-state index < -0.39 is 0 Å². The monoisotopic (exact) mass is 274 g/mol. The number of fused-ring (bicyclic) bond motifs is 1. The molecule has 110 valence electrons. The third-order valence-electron chi connectivity index (χ3n) is 4.64. The molecule has 3 nitrogen and oxygen atoms in total. The standard InChI is InChI=1S/C17H26N2O/c1-19(14-8-4-2-3-5-9-14)13-15-12-18-16-10-6-7-11-17(16)20-15/h6-7,10-11,14-15,18H,2-5,8-9,12-13H2,1H3. The molecule has 1 fully saturated rings. The van der Waals surface area contributed by atoms with Crippen molar-refractivity contribution in [2.45, 2.75) is 50.7 Å². The summed E-state index contributed by atoms with van der Waals surface area (Å²) in [6.45, 7) is 1.93. The van der Waals surface area contributed by atoms with E-state index >= 15 is 0 Å². The Morgan fingerprint density at radius 2 is 1.90 bits per heavy atom. The zero-order valence-electron chi connectivity index (χ0n) is 12.5. The van der Waals surface area contributed by atoms with Crippen LogP contribution in [0, 0.1) is 0 Å². The van der Waals surface area contributed by atoms with E-state index in [1.807, 2.05) is 12.1 Å². The second kappa shape index (κ2) is 6.49. The van der Waals surface area contributed by atoms with Crippen LogP contribution in [0.4, 0.5) is 5.69 Å². The molecular formula is C17H26N2O. The van der Waals surface area contributed by atoms with Crippen molar-refractivity contribution in [2.24, 2.45) is 0 Å². The second-order valence-corrected chi connectivity index (χ2v) is 6.20. The summed E-state index contributed by atoms with van der Waals surface area (Å²) < 4.78 is 6.12. The van der Waals surface area contributed by atoms with Crippen molar-refractivity contribution in [1.82, 2.24) is 4.90 Å². The van der Waals surface area contributed by atoms with Crippen LogP contribution in [0.3, 0.4) is 0 Å². The van der Waals surface area contributed by atoms with E-state index in [-0.39, 0.29) is 6.10 Å². The molecule has 1 aliphatic heterocycles. The van der Waals surface area contributed by atoms with Crippen molar-refractivity contribution in [3.8, 4) is 5.75 Å². The lowest BCUT2D eigenvalue weighted by Crippen LogP contribution is -2.44. The lowest BCUT2D eigenvalue weighted by Gasteiger charge is -2.33. The van der Waals surface area contributed by atoms with Gasteiger partial charge in [-0.05, 0) is 32.0 Å². The minimum atomic E-state index is 0.262. The molecule has 0 bridgehead atoms. The van der Waals surface area contributed by atoms with Crippen LogP contribution in [0.5, 0.6) is 5.75 Å². The van der Waals surface area contributed by atoms with E-state index in [2.05, 4.69) is 29.4 Å². The largest absolute Gasteiger partial charge is 0.485 e. The van der Waals surface area contributed by atoms with Crippen molar-refractivity contribution in [2.75, 3.05) is 25.5 Å². The van der Waals surface area contributed by atoms with Crippen molar-refractivity contribution in [1.29, 1.82) is 0 Å². The van der Waals surface area contributed by atoms with Crippen LogP contribution in [0.1, 0.15) is 38.5 Å². The molecule has 1 N–H and O–H groups in total. The van der Waals surface area contributed by atoms with Gasteiger partial charge in [-0.1, -0.05) is 37.8 Å². The molecule has 0 radical (unpaired) electrons. The molecule has 1 aliphatic carbocycles. The van der Waals surface area contributed by atoms with Crippen molar-refractivity contribution in [3.63, 3.8) is 0 Å². The van der Waals surface area contributed by atoms with E-state index in [0.717, 1.165) is 30.6 Å². The summed E-state index contributed by atoms with van der Waals surface area (Å²) in [7, 11) is 2.26. The summed E-state index contributed by atoms with van der Waals surface area (Å²) >= 11 is 0. The number of hydrogen-bond donors (Lipinski definition) is 1. The molecule has 0 saturated heterocycles. The normalized spacial score (nSPS) is 23.6. The molecule has 1 atom stereocenters. The second-order valence-electron chi connectivity index (χ2n) is 6.20. The summed E-state index contributed by atoms with van der Waals surface area (Å²) in [5, 5.41) is 3.48. The van der Waals surface area contributed by atoms with E-state index in [9.17, 15) is 0 Å². The van der Waals surface area contributed by atoms with Gasteiger partial charge in [-0.15, -0.1) is 0 Å². The first-order valence-corrected chi connectivity index (χ1v) is 8.03. The molecule has 1 heterocycles. The van der Waals surface area contributed by atoms with E-state index in [4.69, 9.17) is 4.74 Å². The number of para-hydroxylation sites is 2. The molecule has 1 saturated carbocycles. The lowest BCUT2D eigenvalue weighted by atomic mass is 10.1. The van der Waals surface area contributed by atoms with Gasteiger partial charge in [0.05, 0.1) is 12.2 Å². The van der Waals surface area contributed by atoms with Crippen LogP contribution in [0.15, 0.2) is 24.3 Å². The average Bonchev–Trinajstić information content (AvgIpc) is 2.76. The van der Waals surface area contributed by atoms with Crippen molar-refractivity contribution in [3.05, 3.63) is 24.3 Å². The molecule has 1 aromatic rings. The van der Waals surface area contributed by atoms with Crippen LogP contribution in [-0.4, -0.2) is 37.2 Å². The number of rotatable bonds is 3. The van der Waals surface area contributed by atoms with Crippen molar-refractivity contribution < 1.29 is 4.74 Å². The molecule has 2 aliphatic rings. The quantitative estimate of drug-likeness (QED) is 0.854. The molecular weight excluding hydrogens is 248 g/mol. The predicted octanol–water partition coefficient (Wildman–Crippen LogP) is 3.51. The van der Waals surface area contributed by atoms with Gasteiger partial charge in [0.15, 0.2) is 0 Å². The SMILES string of the molecule is CN(CC1CNc2ccccc2O1)C1CCCCCC1. The number of anilines is 1. The van der Waals surface area contributed by atoms with Gasteiger partial charge in [0.25, 0.3) is 0 Å². The first kappa shape index (κ1) is 13.7. The Balaban J connectivity index is 1.56. The highest BCUT2D eigenvalue weighted by Crippen LogP contribution is 2.29. The third-order valence-corrected chi connectivity index (χ3v) is 4.64. The van der Waals surface area contributed by atoms with Crippen LogP contribution in [-0.2, 0) is 0 Å². The Kier molecular flexibility index (Phi) is 4.46. The van der Waals surface area contributed by atoms with Gasteiger partial charge in [-0.25, -0.2) is 0 Å². The molecule has 1 aromatic carbocycles. The number of nitrogens with one attached hydrogen (secondary N) is 1. The first-order valence-electron chi connectivity index (χ1n) is 8.03. The van der Waals surface area contributed by atoms with Crippen LogP contribution < -0.4 is 10.1 Å². The zero-order valence-corrected chi connectivity index (χ0v) is 12.5. The fourth-order valence-corrected chi connectivity index (χ4v) is 3.43. The Morgan fingerprint density at radius 3 is 2.70 bits per heavy atom. The van der Waals surface area contributed by atoms with E-state index in [1.54, 1.807) is 0 Å². The Bertz CT molecular complexity index is 427. The summed E-state index contributed by atoms with van der Waals surface area (Å²) in [5.41, 5.74) is 1.13. The predicted molar refractivity (Wildman–Crippen MR) is 83.5 cm³/mol. The Morgan fingerprint density at radius 1 is 1.15 bits per heavy atom. The van der Waals surface area contributed by atoms with Crippen molar-refractivity contribution >= 4 is 5.69 Å². The lowest BCUT2D eigenvalue weighted by molar-refractivity contribution is 0.119. The molecule has 3 rings (SSSR count). The molecule has 20 heavy (non-hydrogen) atoms. The smallest absolute Gasteiger partial charge is 0.142 e. The van der Waals surface area contributed by atoms with Gasteiger partial charge < -0.3 is 10.1 Å². The summed E-state index contributed by atoms with van der Waals surface area (Å²) in [4.78, 5) is 2.52. The highest BCUT2D eigenvalue weighted by atomic mass is 16.5. The van der Waals surface area contributed by atoms with Crippen LogP contribution >= 0.6 is 0 Å². The molecule has 1 unspecified atom stereocenters. The van der Waals surface area contributed by atoms with Gasteiger partial charge >= 0.3 is 0 Å². The van der Waals surface area contributed by atoms with Gasteiger partial charge in [0.1, 0.15) is 11.9 Å².